The molecule has 4 heterocycles. The van der Waals surface area contributed by atoms with Crippen LogP contribution in [-0.2, 0) is 24.4 Å². The molecule has 0 bridgehead atoms. The number of rotatable bonds is 10. The number of aryl methyl sites for hydroxylation is 3. The van der Waals surface area contributed by atoms with E-state index in [1.165, 1.54) is 18.4 Å². The van der Waals surface area contributed by atoms with Crippen LogP contribution in [0.15, 0.2) is 48.9 Å². The maximum absolute atomic E-state index is 11.2. The SMILES string of the molecule is Cc1cc2c(N)nccc2c(C)c1CNc1cc(OCc2cn3cc(C4CC4)ccc3n2)nc(CCC(=O)O)n1. The first-order valence-corrected chi connectivity index (χ1v) is 13.4. The lowest BCUT2D eigenvalue weighted by atomic mass is 9.96. The predicted octanol–water partition coefficient (Wildman–Crippen LogP) is 4.96. The Labute approximate surface area is 231 Å². The van der Waals surface area contributed by atoms with Crippen LogP contribution in [0.1, 0.15) is 59.0 Å². The van der Waals surface area contributed by atoms with Crippen LogP contribution in [0.5, 0.6) is 5.88 Å². The smallest absolute Gasteiger partial charge is 0.303 e. The number of nitrogens with one attached hydrogen (secondary N) is 1. The molecule has 0 spiro atoms. The molecule has 10 nitrogen and oxygen atoms in total. The Morgan fingerprint density at radius 2 is 1.98 bits per heavy atom. The summed E-state index contributed by atoms with van der Waals surface area (Å²) in [7, 11) is 0. The van der Waals surface area contributed by atoms with Gasteiger partial charge in [0.1, 0.15) is 29.7 Å². The third kappa shape index (κ3) is 5.38. The number of pyridine rings is 2. The fourth-order valence-corrected chi connectivity index (χ4v) is 5.09. The summed E-state index contributed by atoms with van der Waals surface area (Å²) in [4.78, 5) is 29.1. The number of ether oxygens (including phenoxy) is 1. The molecule has 5 aromatic rings. The first-order valence-electron chi connectivity index (χ1n) is 13.4. The number of carbonyl (C=O) groups is 1. The topological polar surface area (TPSA) is 141 Å². The monoisotopic (exact) mass is 537 g/mol. The van der Waals surface area contributed by atoms with Gasteiger partial charge in [0.25, 0.3) is 0 Å². The van der Waals surface area contributed by atoms with Crippen LogP contribution in [0.25, 0.3) is 16.4 Å². The fourth-order valence-electron chi connectivity index (χ4n) is 5.09. The van der Waals surface area contributed by atoms with E-state index in [9.17, 15) is 9.90 Å². The highest BCUT2D eigenvalue weighted by Crippen LogP contribution is 2.40. The molecular formula is C30H31N7O3. The number of aliphatic carboxylic acids is 1. The second-order valence-corrected chi connectivity index (χ2v) is 10.4. The first kappa shape index (κ1) is 25.5. The van der Waals surface area contributed by atoms with Crippen molar-refractivity contribution in [1.82, 2.24) is 24.3 Å². The van der Waals surface area contributed by atoms with Gasteiger partial charge in [-0.2, -0.15) is 4.98 Å². The molecular weight excluding hydrogens is 506 g/mol. The molecule has 1 aromatic carbocycles. The Bertz CT molecular complexity index is 1740. The average molecular weight is 538 g/mol. The van der Waals surface area contributed by atoms with E-state index in [0.717, 1.165) is 38.8 Å². The van der Waals surface area contributed by atoms with E-state index >= 15 is 0 Å². The number of imidazole rings is 1. The van der Waals surface area contributed by atoms with E-state index in [1.807, 2.05) is 29.7 Å². The second kappa shape index (κ2) is 10.4. The van der Waals surface area contributed by atoms with Crippen molar-refractivity contribution >= 4 is 34.0 Å². The number of carboxylic acid groups (broad SMARTS) is 1. The Morgan fingerprint density at radius 1 is 1.12 bits per heavy atom. The molecule has 1 fully saturated rings. The highest BCUT2D eigenvalue weighted by molar-refractivity contribution is 5.94. The Hall–Kier alpha value is -4.73. The minimum atomic E-state index is -0.907. The number of anilines is 2. The molecule has 204 valence electrons. The summed E-state index contributed by atoms with van der Waals surface area (Å²) in [6.45, 7) is 4.86. The number of fused-ring (bicyclic) bond motifs is 2. The molecule has 1 aliphatic carbocycles. The standard InChI is InChI=1S/C30H31N7O3/c1-17-11-23-22(9-10-32-30(23)31)18(2)24(17)13-33-26-12-28(36-25(35-26)6-8-29(38)39)40-16-21-15-37-14-20(19-3-4-19)5-7-27(37)34-21/h5,7,9-12,14-15,19H,3-4,6,8,13,16H2,1-2H3,(H2,31,32)(H,38,39)(H,33,35,36). The lowest BCUT2D eigenvalue weighted by Gasteiger charge is -2.16. The van der Waals surface area contributed by atoms with E-state index < -0.39 is 5.97 Å². The molecule has 4 N–H and O–H groups in total. The van der Waals surface area contributed by atoms with Gasteiger partial charge in [-0.15, -0.1) is 0 Å². The molecule has 0 saturated heterocycles. The largest absolute Gasteiger partial charge is 0.481 e. The van der Waals surface area contributed by atoms with Gasteiger partial charge in [-0.3, -0.25) is 4.79 Å². The zero-order valence-electron chi connectivity index (χ0n) is 22.5. The van der Waals surface area contributed by atoms with Crippen molar-refractivity contribution in [3.8, 4) is 5.88 Å². The average Bonchev–Trinajstić information content (AvgIpc) is 3.70. The van der Waals surface area contributed by atoms with E-state index in [4.69, 9.17) is 10.5 Å². The van der Waals surface area contributed by atoms with E-state index in [1.54, 1.807) is 12.3 Å². The number of hydrogen-bond acceptors (Lipinski definition) is 8. The Morgan fingerprint density at radius 3 is 2.77 bits per heavy atom. The van der Waals surface area contributed by atoms with Gasteiger partial charge in [-0.25, -0.2) is 15.0 Å². The number of nitrogens with zero attached hydrogens (tertiary/aromatic N) is 5. The minimum Gasteiger partial charge on any atom is -0.481 e. The fraction of sp³-hybridized carbons (Fsp3) is 0.300. The van der Waals surface area contributed by atoms with Crippen LogP contribution in [0.2, 0.25) is 0 Å². The van der Waals surface area contributed by atoms with E-state index in [-0.39, 0.29) is 19.4 Å². The number of nitrogen functional groups attached to an aromatic ring is 1. The van der Waals surface area contributed by atoms with Crippen LogP contribution in [0.3, 0.4) is 0 Å². The van der Waals surface area contributed by atoms with Gasteiger partial charge in [0.2, 0.25) is 5.88 Å². The molecule has 0 amide bonds. The summed E-state index contributed by atoms with van der Waals surface area (Å²) in [5.74, 6) is 1.59. The van der Waals surface area contributed by atoms with Crippen molar-refractivity contribution in [3.05, 3.63) is 82.7 Å². The van der Waals surface area contributed by atoms with Crippen molar-refractivity contribution in [2.75, 3.05) is 11.1 Å². The third-order valence-corrected chi connectivity index (χ3v) is 7.41. The highest BCUT2D eigenvalue weighted by atomic mass is 16.5. The molecule has 6 rings (SSSR count). The Balaban J connectivity index is 1.22. The van der Waals surface area contributed by atoms with Gasteiger partial charge in [0.15, 0.2) is 0 Å². The summed E-state index contributed by atoms with van der Waals surface area (Å²) < 4.78 is 8.07. The number of hydrogen-bond donors (Lipinski definition) is 3. The lowest BCUT2D eigenvalue weighted by molar-refractivity contribution is -0.137. The van der Waals surface area contributed by atoms with Crippen molar-refractivity contribution in [3.63, 3.8) is 0 Å². The van der Waals surface area contributed by atoms with Crippen molar-refractivity contribution in [2.45, 2.75) is 58.6 Å². The van der Waals surface area contributed by atoms with Gasteiger partial charge in [0.05, 0.1) is 12.1 Å². The molecule has 40 heavy (non-hydrogen) atoms. The second-order valence-electron chi connectivity index (χ2n) is 10.4. The predicted molar refractivity (Wildman–Crippen MR) is 152 cm³/mol. The summed E-state index contributed by atoms with van der Waals surface area (Å²) in [5.41, 5.74) is 12.4. The van der Waals surface area contributed by atoms with Gasteiger partial charge in [-0.05, 0) is 78.4 Å². The molecule has 0 aliphatic heterocycles. The molecule has 10 heteroatoms. The van der Waals surface area contributed by atoms with Crippen molar-refractivity contribution < 1.29 is 14.6 Å². The van der Waals surface area contributed by atoms with Crippen LogP contribution >= 0.6 is 0 Å². The zero-order chi connectivity index (χ0) is 27.8. The highest BCUT2D eigenvalue weighted by Gasteiger charge is 2.23. The van der Waals surface area contributed by atoms with Crippen LogP contribution in [0, 0.1) is 13.8 Å². The summed E-state index contributed by atoms with van der Waals surface area (Å²) in [5, 5.41) is 14.6. The first-order chi connectivity index (χ1) is 19.3. The molecule has 0 unspecified atom stereocenters. The van der Waals surface area contributed by atoms with E-state index in [0.29, 0.717) is 35.8 Å². The van der Waals surface area contributed by atoms with Crippen molar-refractivity contribution in [1.29, 1.82) is 0 Å². The number of nitrogens with two attached hydrogens (primary N) is 1. The van der Waals surface area contributed by atoms with E-state index in [2.05, 4.69) is 50.5 Å². The third-order valence-electron chi connectivity index (χ3n) is 7.41. The summed E-state index contributed by atoms with van der Waals surface area (Å²) in [6, 6.07) is 9.94. The van der Waals surface area contributed by atoms with Gasteiger partial charge >= 0.3 is 5.97 Å². The number of carboxylic acids is 1. The summed E-state index contributed by atoms with van der Waals surface area (Å²) in [6.07, 6.45) is 8.45. The molecule has 4 aromatic heterocycles. The molecule has 0 atom stereocenters. The van der Waals surface area contributed by atoms with Gasteiger partial charge in [-0.1, -0.05) is 6.07 Å². The number of benzene rings is 1. The molecule has 0 radical (unpaired) electrons. The van der Waals surface area contributed by atoms with Gasteiger partial charge < -0.3 is 25.3 Å². The summed E-state index contributed by atoms with van der Waals surface area (Å²) >= 11 is 0. The zero-order valence-corrected chi connectivity index (χ0v) is 22.5. The maximum Gasteiger partial charge on any atom is 0.303 e. The van der Waals surface area contributed by atoms with Crippen molar-refractivity contribution in [2.24, 2.45) is 0 Å². The van der Waals surface area contributed by atoms with Crippen LogP contribution in [0.4, 0.5) is 11.6 Å². The van der Waals surface area contributed by atoms with Crippen LogP contribution < -0.4 is 15.8 Å². The normalized spacial score (nSPS) is 13.2. The number of aromatic nitrogens is 5. The minimum absolute atomic E-state index is 0.0724. The quantitative estimate of drug-likeness (QED) is 0.225. The lowest BCUT2D eigenvalue weighted by Crippen LogP contribution is -2.10. The van der Waals surface area contributed by atoms with Crippen LogP contribution in [-0.4, -0.2) is 35.4 Å². The van der Waals surface area contributed by atoms with Gasteiger partial charge in [0, 0.05) is 43.0 Å². The molecule has 1 saturated carbocycles. The molecule has 1 aliphatic rings. The Kier molecular flexibility index (Phi) is 6.67. The maximum atomic E-state index is 11.2.